The number of aryl methyl sites for hydroxylation is 1. The van der Waals surface area contributed by atoms with Crippen molar-refractivity contribution in [2.24, 2.45) is 5.73 Å². The molecular formula is C14H24N4O2. The summed E-state index contributed by atoms with van der Waals surface area (Å²) in [4.78, 5) is 14.3. The Bertz CT molecular complexity index is 431. The number of anilines is 1. The lowest BCUT2D eigenvalue weighted by molar-refractivity contribution is -0.116. The number of carbonyl (C=O) groups excluding carboxylic acids is 1. The maximum atomic E-state index is 11.9. The van der Waals surface area contributed by atoms with Crippen molar-refractivity contribution in [1.29, 1.82) is 0 Å². The molecular weight excluding hydrogens is 256 g/mol. The summed E-state index contributed by atoms with van der Waals surface area (Å²) < 4.78 is 4.92. The third kappa shape index (κ3) is 4.31. The molecule has 3 N–H and O–H groups in total. The van der Waals surface area contributed by atoms with Crippen molar-refractivity contribution in [2.75, 3.05) is 25.0 Å². The van der Waals surface area contributed by atoms with Crippen LogP contribution in [0.3, 0.4) is 0 Å². The molecule has 6 heteroatoms. The Labute approximate surface area is 119 Å². The largest absolute Gasteiger partial charge is 0.360 e. The van der Waals surface area contributed by atoms with Gasteiger partial charge in [-0.15, -0.1) is 0 Å². The maximum absolute atomic E-state index is 11.9. The predicted octanol–water partition coefficient (Wildman–Crippen LogP) is 1.51. The van der Waals surface area contributed by atoms with Gasteiger partial charge in [0.15, 0.2) is 5.82 Å². The first-order valence-corrected chi connectivity index (χ1v) is 7.36. The highest BCUT2D eigenvalue weighted by atomic mass is 16.5. The summed E-state index contributed by atoms with van der Waals surface area (Å²) in [7, 11) is 0. The number of amides is 1. The van der Waals surface area contributed by atoms with Crippen LogP contribution in [-0.4, -0.2) is 41.6 Å². The number of hydrogen-bond acceptors (Lipinski definition) is 5. The van der Waals surface area contributed by atoms with Gasteiger partial charge >= 0.3 is 0 Å². The van der Waals surface area contributed by atoms with Crippen LogP contribution in [0.4, 0.5) is 5.82 Å². The monoisotopic (exact) mass is 280 g/mol. The molecule has 2 rings (SSSR count). The second-order valence-corrected chi connectivity index (χ2v) is 5.38. The van der Waals surface area contributed by atoms with Crippen molar-refractivity contribution < 1.29 is 9.32 Å². The van der Waals surface area contributed by atoms with E-state index in [1.165, 1.54) is 19.3 Å². The lowest BCUT2D eigenvalue weighted by atomic mass is 9.99. The molecule has 1 aliphatic rings. The van der Waals surface area contributed by atoms with Crippen LogP contribution in [0.2, 0.25) is 0 Å². The van der Waals surface area contributed by atoms with Gasteiger partial charge in [-0.3, -0.25) is 9.69 Å². The van der Waals surface area contributed by atoms with Crippen LogP contribution in [0, 0.1) is 6.92 Å². The number of hydrogen-bond donors (Lipinski definition) is 2. The van der Waals surface area contributed by atoms with Crippen molar-refractivity contribution in [3.63, 3.8) is 0 Å². The van der Waals surface area contributed by atoms with E-state index in [-0.39, 0.29) is 5.91 Å². The molecule has 2 heterocycles. The van der Waals surface area contributed by atoms with E-state index in [9.17, 15) is 4.79 Å². The lowest BCUT2D eigenvalue weighted by Gasteiger charge is -2.35. The molecule has 0 aromatic carbocycles. The zero-order valence-corrected chi connectivity index (χ0v) is 12.1. The molecule has 1 aromatic heterocycles. The molecule has 1 amide bonds. The highest BCUT2D eigenvalue weighted by molar-refractivity contribution is 5.89. The number of likely N-dealkylation sites (tertiary alicyclic amines) is 1. The molecule has 0 spiro atoms. The van der Waals surface area contributed by atoms with Gasteiger partial charge in [0, 0.05) is 25.1 Å². The predicted molar refractivity (Wildman–Crippen MR) is 77.4 cm³/mol. The number of carbonyl (C=O) groups is 1. The highest BCUT2D eigenvalue weighted by Crippen LogP contribution is 2.19. The Kier molecular flexibility index (Phi) is 5.55. The van der Waals surface area contributed by atoms with Crippen molar-refractivity contribution in [3.05, 3.63) is 11.8 Å². The summed E-state index contributed by atoms with van der Waals surface area (Å²) in [5.41, 5.74) is 5.66. The Morgan fingerprint density at radius 3 is 3.15 bits per heavy atom. The molecule has 0 bridgehead atoms. The highest BCUT2D eigenvalue weighted by Gasteiger charge is 2.22. The molecule has 6 nitrogen and oxygen atoms in total. The van der Waals surface area contributed by atoms with E-state index in [4.69, 9.17) is 10.3 Å². The summed E-state index contributed by atoms with van der Waals surface area (Å²) >= 11 is 0. The third-order valence-electron chi connectivity index (χ3n) is 3.77. The minimum Gasteiger partial charge on any atom is -0.360 e. The first-order valence-electron chi connectivity index (χ1n) is 7.36. The van der Waals surface area contributed by atoms with Crippen LogP contribution in [0.15, 0.2) is 10.6 Å². The molecule has 1 atom stereocenters. The van der Waals surface area contributed by atoms with Gasteiger partial charge in [-0.2, -0.15) is 0 Å². The number of nitrogens with two attached hydrogens (primary N) is 1. The van der Waals surface area contributed by atoms with E-state index in [0.29, 0.717) is 30.6 Å². The Hall–Kier alpha value is -1.40. The van der Waals surface area contributed by atoms with Gasteiger partial charge in [0.25, 0.3) is 0 Å². The Morgan fingerprint density at radius 2 is 2.45 bits per heavy atom. The normalized spacial score (nSPS) is 20.0. The van der Waals surface area contributed by atoms with Gasteiger partial charge in [-0.25, -0.2) is 0 Å². The third-order valence-corrected chi connectivity index (χ3v) is 3.77. The maximum Gasteiger partial charge on any atom is 0.226 e. The minimum atomic E-state index is -0.0182. The number of nitrogens with zero attached hydrogens (tertiary/aromatic N) is 2. The lowest BCUT2D eigenvalue weighted by Crippen LogP contribution is -2.42. The standard InChI is InChI=1S/C14H24N4O2/c1-11-10-13(17-20-11)16-14(19)6-9-18-8-3-2-4-12(18)5-7-15/h10,12H,2-9,15H2,1H3,(H,16,17,19). The second kappa shape index (κ2) is 7.40. The number of aromatic nitrogens is 1. The SMILES string of the molecule is Cc1cc(NC(=O)CCN2CCCCC2CCN)no1. The minimum absolute atomic E-state index is 0.0182. The zero-order chi connectivity index (χ0) is 14.4. The second-order valence-electron chi connectivity index (χ2n) is 5.38. The molecule has 112 valence electrons. The topological polar surface area (TPSA) is 84.4 Å². The van der Waals surface area contributed by atoms with Gasteiger partial charge in [0.2, 0.25) is 5.91 Å². The van der Waals surface area contributed by atoms with Crippen LogP contribution in [0.5, 0.6) is 0 Å². The average Bonchev–Trinajstić information content (AvgIpc) is 2.83. The fraction of sp³-hybridized carbons (Fsp3) is 0.714. The van der Waals surface area contributed by atoms with Gasteiger partial charge < -0.3 is 15.6 Å². The summed E-state index contributed by atoms with van der Waals surface area (Å²) in [5.74, 6) is 1.17. The molecule has 0 radical (unpaired) electrons. The van der Waals surface area contributed by atoms with Crippen molar-refractivity contribution in [3.8, 4) is 0 Å². The summed E-state index contributed by atoms with van der Waals surface area (Å²) in [6.07, 6.45) is 5.18. The van der Waals surface area contributed by atoms with Crippen LogP contribution in [0.1, 0.15) is 37.9 Å². The summed E-state index contributed by atoms with van der Waals surface area (Å²) in [6, 6.07) is 2.26. The first-order chi connectivity index (χ1) is 9.69. The fourth-order valence-corrected chi connectivity index (χ4v) is 2.75. The van der Waals surface area contributed by atoms with Gasteiger partial charge in [0.05, 0.1) is 0 Å². The summed E-state index contributed by atoms with van der Waals surface area (Å²) in [6.45, 7) is 4.37. The molecule has 1 aromatic rings. The zero-order valence-electron chi connectivity index (χ0n) is 12.1. The van der Waals surface area contributed by atoms with Crippen LogP contribution < -0.4 is 11.1 Å². The van der Waals surface area contributed by atoms with Crippen LogP contribution >= 0.6 is 0 Å². The van der Waals surface area contributed by atoms with Gasteiger partial charge in [-0.05, 0) is 39.3 Å². The van der Waals surface area contributed by atoms with E-state index in [1.54, 1.807) is 13.0 Å². The molecule has 20 heavy (non-hydrogen) atoms. The Balaban J connectivity index is 1.76. The molecule has 1 aliphatic heterocycles. The molecule has 1 fully saturated rings. The quantitative estimate of drug-likeness (QED) is 0.825. The van der Waals surface area contributed by atoms with Crippen molar-refractivity contribution >= 4 is 11.7 Å². The molecule has 0 aliphatic carbocycles. The van der Waals surface area contributed by atoms with Crippen molar-refractivity contribution in [2.45, 2.75) is 45.1 Å². The van der Waals surface area contributed by atoms with E-state index >= 15 is 0 Å². The van der Waals surface area contributed by atoms with E-state index in [1.807, 2.05) is 0 Å². The average molecular weight is 280 g/mol. The van der Waals surface area contributed by atoms with Crippen LogP contribution in [-0.2, 0) is 4.79 Å². The van der Waals surface area contributed by atoms with Crippen molar-refractivity contribution in [1.82, 2.24) is 10.1 Å². The Morgan fingerprint density at radius 1 is 1.60 bits per heavy atom. The summed E-state index contributed by atoms with van der Waals surface area (Å²) in [5, 5.41) is 6.51. The van der Waals surface area contributed by atoms with E-state index < -0.39 is 0 Å². The van der Waals surface area contributed by atoms with E-state index in [0.717, 1.165) is 19.5 Å². The fourth-order valence-electron chi connectivity index (χ4n) is 2.75. The molecule has 1 unspecified atom stereocenters. The van der Waals surface area contributed by atoms with Gasteiger partial charge in [-0.1, -0.05) is 11.6 Å². The van der Waals surface area contributed by atoms with Gasteiger partial charge in [0.1, 0.15) is 5.76 Å². The number of nitrogens with one attached hydrogen (secondary N) is 1. The molecule has 0 saturated carbocycles. The number of rotatable bonds is 6. The first kappa shape index (κ1) is 15.0. The van der Waals surface area contributed by atoms with Crippen LogP contribution in [0.25, 0.3) is 0 Å². The smallest absolute Gasteiger partial charge is 0.226 e. The van der Waals surface area contributed by atoms with E-state index in [2.05, 4.69) is 15.4 Å². The molecule has 1 saturated heterocycles. The number of piperidine rings is 1.